The number of sulfonamides is 1. The van der Waals surface area contributed by atoms with Crippen molar-refractivity contribution in [3.63, 3.8) is 0 Å². The van der Waals surface area contributed by atoms with E-state index in [4.69, 9.17) is 27.9 Å². The molecule has 2 aromatic carbocycles. The highest BCUT2D eigenvalue weighted by atomic mass is 35.5. The van der Waals surface area contributed by atoms with Crippen LogP contribution in [0.2, 0.25) is 10.0 Å². The van der Waals surface area contributed by atoms with E-state index in [1.54, 1.807) is 6.07 Å². The fraction of sp³-hybridized carbons (Fsp3) is 0.458. The lowest BCUT2D eigenvalue weighted by Crippen LogP contribution is -2.57. The molecule has 6 nitrogen and oxygen atoms in total. The topological polar surface area (TPSA) is 75.7 Å². The summed E-state index contributed by atoms with van der Waals surface area (Å²) in [6.07, 6.45) is 2.69. The van der Waals surface area contributed by atoms with Gasteiger partial charge < -0.3 is 4.74 Å². The fourth-order valence-electron chi connectivity index (χ4n) is 4.39. The van der Waals surface area contributed by atoms with Crippen molar-refractivity contribution in [1.82, 2.24) is 9.62 Å². The second-order valence-corrected chi connectivity index (χ2v) is 12.4. The van der Waals surface area contributed by atoms with Gasteiger partial charge in [-0.15, -0.1) is 0 Å². The van der Waals surface area contributed by atoms with Gasteiger partial charge in [0.1, 0.15) is 11.6 Å². The molecule has 2 aliphatic rings. The Hall–Kier alpha value is -1.87. The van der Waals surface area contributed by atoms with E-state index < -0.39 is 21.7 Å². The van der Waals surface area contributed by atoms with Gasteiger partial charge in [-0.3, -0.25) is 9.69 Å². The molecular weight excluding hydrogens is 502 g/mol. The molecule has 184 valence electrons. The Bertz CT molecular complexity index is 1210. The van der Waals surface area contributed by atoms with Crippen molar-refractivity contribution in [3.05, 3.63) is 62.9 Å². The van der Waals surface area contributed by atoms with Gasteiger partial charge in [-0.1, -0.05) is 30.1 Å². The zero-order valence-corrected chi connectivity index (χ0v) is 21.5. The van der Waals surface area contributed by atoms with Crippen LogP contribution in [0.15, 0.2) is 30.3 Å². The number of halogens is 3. The van der Waals surface area contributed by atoms with Gasteiger partial charge in [-0.25, -0.2) is 17.5 Å². The Morgan fingerprint density at radius 3 is 2.38 bits per heavy atom. The van der Waals surface area contributed by atoms with Crippen molar-refractivity contribution >= 4 is 39.1 Å². The molecule has 1 saturated carbocycles. The van der Waals surface area contributed by atoms with Gasteiger partial charge in [0.05, 0.1) is 18.4 Å². The van der Waals surface area contributed by atoms with Gasteiger partial charge in [-0.05, 0) is 61.1 Å². The number of nitrogens with one attached hydrogen (secondary N) is 1. The van der Waals surface area contributed by atoms with E-state index in [2.05, 4.69) is 18.7 Å². The van der Waals surface area contributed by atoms with E-state index >= 15 is 0 Å². The van der Waals surface area contributed by atoms with Crippen LogP contribution in [0.25, 0.3) is 0 Å². The van der Waals surface area contributed by atoms with Gasteiger partial charge in [-0.2, -0.15) is 0 Å². The van der Waals surface area contributed by atoms with Crippen molar-refractivity contribution in [2.45, 2.75) is 38.6 Å². The van der Waals surface area contributed by atoms with Crippen LogP contribution in [0, 0.1) is 11.2 Å². The minimum atomic E-state index is -3.80. The number of amides is 1. The third kappa shape index (κ3) is 5.85. The number of ether oxygens (including phenoxy) is 1. The summed E-state index contributed by atoms with van der Waals surface area (Å²) in [4.78, 5) is 14.5. The molecule has 0 aromatic heterocycles. The van der Waals surface area contributed by atoms with E-state index in [0.717, 1.165) is 43.3 Å². The fourth-order valence-corrected chi connectivity index (χ4v) is 5.38. The molecule has 10 heteroatoms. The van der Waals surface area contributed by atoms with E-state index in [1.165, 1.54) is 12.1 Å². The summed E-state index contributed by atoms with van der Waals surface area (Å²) < 4.78 is 45.4. The third-order valence-corrected chi connectivity index (χ3v) is 7.29. The van der Waals surface area contributed by atoms with Crippen molar-refractivity contribution < 1.29 is 22.3 Å². The number of nitrogens with zero attached hydrogens (tertiary/aromatic N) is 1. The SMILES string of the molecule is C[C@H](c1cc(Cl)cc(Cl)c1)N1CC(C)(COc2cc(F)c(C(=O)NS(C)(=O)=O)cc2C2CC2)C1. The van der Waals surface area contributed by atoms with Gasteiger partial charge in [0, 0.05) is 40.7 Å². The molecule has 0 unspecified atom stereocenters. The number of likely N-dealkylation sites (tertiary alicyclic amines) is 1. The predicted molar refractivity (Wildman–Crippen MR) is 131 cm³/mol. The lowest BCUT2D eigenvalue weighted by molar-refractivity contribution is -0.0429. The number of carbonyl (C=O) groups excluding carboxylic acids is 1. The van der Waals surface area contributed by atoms with Crippen LogP contribution in [-0.4, -0.2) is 45.2 Å². The molecule has 1 aliphatic carbocycles. The summed E-state index contributed by atoms with van der Waals surface area (Å²) >= 11 is 12.3. The van der Waals surface area contributed by atoms with Crippen LogP contribution in [0.4, 0.5) is 4.39 Å². The molecule has 1 saturated heterocycles. The Morgan fingerprint density at radius 1 is 1.21 bits per heavy atom. The molecule has 0 bridgehead atoms. The highest BCUT2D eigenvalue weighted by molar-refractivity contribution is 7.89. The minimum absolute atomic E-state index is 0.125. The summed E-state index contributed by atoms with van der Waals surface area (Å²) in [5.74, 6) is -1.21. The highest BCUT2D eigenvalue weighted by Crippen LogP contribution is 2.46. The Morgan fingerprint density at radius 2 is 1.82 bits per heavy atom. The molecule has 0 spiro atoms. The lowest BCUT2D eigenvalue weighted by atomic mass is 9.81. The molecule has 1 aliphatic heterocycles. The van der Waals surface area contributed by atoms with E-state index in [0.29, 0.717) is 22.4 Å². The predicted octanol–water partition coefficient (Wildman–Crippen LogP) is 5.16. The van der Waals surface area contributed by atoms with Crippen molar-refractivity contribution in [1.29, 1.82) is 0 Å². The second-order valence-electron chi connectivity index (χ2n) is 9.73. The largest absolute Gasteiger partial charge is 0.493 e. The smallest absolute Gasteiger partial charge is 0.267 e. The summed E-state index contributed by atoms with van der Waals surface area (Å²) in [6, 6.07) is 8.29. The number of benzene rings is 2. The van der Waals surface area contributed by atoms with E-state index in [9.17, 15) is 17.6 Å². The Labute approximate surface area is 209 Å². The first kappa shape index (κ1) is 25.2. The molecule has 1 heterocycles. The first-order valence-electron chi connectivity index (χ1n) is 11.0. The van der Waals surface area contributed by atoms with Crippen LogP contribution in [0.5, 0.6) is 5.75 Å². The van der Waals surface area contributed by atoms with Crippen LogP contribution in [0.3, 0.4) is 0 Å². The van der Waals surface area contributed by atoms with Crippen molar-refractivity contribution in [2.75, 3.05) is 26.0 Å². The second kappa shape index (κ2) is 9.30. The lowest BCUT2D eigenvalue weighted by Gasteiger charge is -2.50. The van der Waals surface area contributed by atoms with E-state index in [1.807, 2.05) is 16.9 Å². The summed E-state index contributed by atoms with van der Waals surface area (Å²) in [5.41, 5.74) is 1.36. The maximum absolute atomic E-state index is 14.7. The molecule has 1 atom stereocenters. The van der Waals surface area contributed by atoms with E-state index in [-0.39, 0.29) is 22.9 Å². The first-order chi connectivity index (χ1) is 15.8. The normalized spacial score (nSPS) is 18.8. The van der Waals surface area contributed by atoms with Gasteiger partial charge >= 0.3 is 0 Å². The quantitative estimate of drug-likeness (QED) is 0.511. The van der Waals surface area contributed by atoms with Crippen molar-refractivity contribution in [2.24, 2.45) is 5.41 Å². The molecule has 2 aromatic rings. The highest BCUT2D eigenvalue weighted by Gasteiger charge is 2.42. The Balaban J connectivity index is 1.43. The molecule has 0 radical (unpaired) electrons. The maximum atomic E-state index is 14.7. The first-order valence-corrected chi connectivity index (χ1v) is 13.7. The van der Waals surface area contributed by atoms with Crippen molar-refractivity contribution in [3.8, 4) is 5.75 Å². The monoisotopic (exact) mass is 528 g/mol. The van der Waals surface area contributed by atoms with Gasteiger partial charge in [0.25, 0.3) is 5.91 Å². The molecule has 34 heavy (non-hydrogen) atoms. The molecule has 2 fully saturated rings. The Kier molecular flexibility index (Phi) is 6.90. The molecule has 1 N–H and O–H groups in total. The average Bonchev–Trinajstić information content (AvgIpc) is 3.52. The minimum Gasteiger partial charge on any atom is -0.493 e. The van der Waals surface area contributed by atoms with Gasteiger partial charge in [0.15, 0.2) is 0 Å². The summed E-state index contributed by atoms with van der Waals surface area (Å²) in [7, 11) is -3.80. The van der Waals surface area contributed by atoms with Crippen LogP contribution >= 0.6 is 23.2 Å². The van der Waals surface area contributed by atoms with Crippen LogP contribution in [-0.2, 0) is 10.0 Å². The van der Waals surface area contributed by atoms with Crippen LogP contribution < -0.4 is 9.46 Å². The molecular formula is C24H27Cl2FN2O4S. The van der Waals surface area contributed by atoms with Gasteiger partial charge in [0.2, 0.25) is 10.0 Å². The number of carbonyl (C=O) groups is 1. The zero-order chi connectivity index (χ0) is 24.8. The number of hydrogen-bond acceptors (Lipinski definition) is 5. The summed E-state index contributed by atoms with van der Waals surface area (Å²) in [6.45, 7) is 6.18. The molecule has 4 rings (SSSR count). The summed E-state index contributed by atoms with van der Waals surface area (Å²) in [5, 5.41) is 1.20. The third-order valence-electron chi connectivity index (χ3n) is 6.30. The van der Waals surface area contributed by atoms with Crippen LogP contribution in [0.1, 0.15) is 60.1 Å². The zero-order valence-electron chi connectivity index (χ0n) is 19.2. The molecule has 1 amide bonds. The average molecular weight is 529 g/mol. The standard InChI is InChI=1S/C24H27Cl2FN2O4S/c1-14(16-6-17(25)8-18(26)7-16)29-11-24(2,12-29)13-33-22-10-21(27)20(9-19(22)15-4-5-15)23(30)28-34(3,31)32/h6-10,14-15H,4-5,11-13H2,1-3H3,(H,28,30)/t14-/m1/s1. The maximum Gasteiger partial charge on any atom is 0.267 e. The number of hydrogen-bond donors (Lipinski definition) is 1. The number of rotatable bonds is 8.